The monoisotopic (exact) mass is 318 g/mol. The van der Waals surface area contributed by atoms with E-state index in [1.54, 1.807) is 6.92 Å². The normalized spacial score (nSPS) is 15.1. The van der Waals surface area contributed by atoms with Gasteiger partial charge < -0.3 is 19.1 Å². The van der Waals surface area contributed by atoms with Gasteiger partial charge in [0.05, 0.1) is 11.0 Å². The molecule has 3 rings (SSSR count). The Labute approximate surface area is 135 Å². The second kappa shape index (κ2) is 6.10. The van der Waals surface area contributed by atoms with Crippen molar-refractivity contribution in [2.75, 3.05) is 13.2 Å². The summed E-state index contributed by atoms with van der Waals surface area (Å²) in [6, 6.07) is 3.02. The summed E-state index contributed by atoms with van der Waals surface area (Å²) in [4.78, 5) is 16.3. The molecular weight excluding hydrogens is 296 g/mol. The first-order valence-corrected chi connectivity index (χ1v) is 8.11. The summed E-state index contributed by atoms with van der Waals surface area (Å²) in [5, 5.41) is 9.50. The van der Waals surface area contributed by atoms with E-state index in [1.165, 1.54) is 0 Å². The Hall–Kier alpha value is -2.24. The molecule has 1 aromatic heterocycles. The first-order valence-electron chi connectivity index (χ1n) is 8.11. The molecule has 0 bridgehead atoms. The van der Waals surface area contributed by atoms with E-state index in [-0.39, 0.29) is 5.92 Å². The number of nitrogens with zero attached hydrogens (tertiary/aromatic N) is 2. The van der Waals surface area contributed by atoms with Crippen LogP contribution in [0.2, 0.25) is 0 Å². The third-order valence-corrected chi connectivity index (χ3v) is 4.48. The van der Waals surface area contributed by atoms with E-state index in [1.807, 2.05) is 16.7 Å². The smallest absolute Gasteiger partial charge is 0.326 e. The molecule has 23 heavy (non-hydrogen) atoms. The molecule has 0 aliphatic carbocycles. The van der Waals surface area contributed by atoms with E-state index in [0.717, 1.165) is 29.7 Å². The first-order chi connectivity index (χ1) is 11.1. The molecule has 1 unspecified atom stereocenters. The Balaban J connectivity index is 2.24. The summed E-state index contributed by atoms with van der Waals surface area (Å²) in [6.45, 7) is 6.90. The van der Waals surface area contributed by atoms with Gasteiger partial charge in [0.25, 0.3) is 0 Å². The number of carboxylic acids is 1. The summed E-state index contributed by atoms with van der Waals surface area (Å²) in [7, 11) is 0. The lowest BCUT2D eigenvalue weighted by Crippen LogP contribution is -2.20. The molecule has 1 aliphatic heterocycles. The SMILES string of the molecule is CCC(CC)c1nc2cc3c(cc2n1C(C)C(=O)O)OCCO3. The van der Waals surface area contributed by atoms with Crippen molar-refractivity contribution in [2.45, 2.75) is 45.6 Å². The van der Waals surface area contributed by atoms with Crippen LogP contribution in [-0.4, -0.2) is 33.8 Å². The number of imidazole rings is 1. The van der Waals surface area contributed by atoms with E-state index >= 15 is 0 Å². The van der Waals surface area contributed by atoms with Gasteiger partial charge in [0.2, 0.25) is 0 Å². The van der Waals surface area contributed by atoms with Crippen molar-refractivity contribution in [1.82, 2.24) is 9.55 Å². The Kier molecular flexibility index (Phi) is 4.15. The average Bonchev–Trinajstić information content (AvgIpc) is 2.91. The molecule has 0 saturated carbocycles. The number of carboxylic acid groups (broad SMARTS) is 1. The van der Waals surface area contributed by atoms with Crippen LogP contribution < -0.4 is 9.47 Å². The van der Waals surface area contributed by atoms with Crippen molar-refractivity contribution in [1.29, 1.82) is 0 Å². The molecule has 6 heteroatoms. The van der Waals surface area contributed by atoms with Crippen molar-refractivity contribution >= 4 is 17.0 Å². The van der Waals surface area contributed by atoms with Crippen molar-refractivity contribution in [2.24, 2.45) is 0 Å². The topological polar surface area (TPSA) is 73.6 Å². The molecule has 6 nitrogen and oxygen atoms in total. The number of hydrogen-bond donors (Lipinski definition) is 1. The van der Waals surface area contributed by atoms with Crippen molar-refractivity contribution in [3.8, 4) is 11.5 Å². The van der Waals surface area contributed by atoms with Crippen LogP contribution >= 0.6 is 0 Å². The number of rotatable bonds is 5. The lowest BCUT2D eigenvalue weighted by Gasteiger charge is -2.20. The molecule has 0 amide bonds. The second-order valence-corrected chi connectivity index (χ2v) is 5.85. The number of fused-ring (bicyclic) bond motifs is 2. The summed E-state index contributed by atoms with van der Waals surface area (Å²) in [5.74, 6) is 1.50. The van der Waals surface area contributed by atoms with Crippen molar-refractivity contribution in [3.05, 3.63) is 18.0 Å². The van der Waals surface area contributed by atoms with Crippen molar-refractivity contribution in [3.63, 3.8) is 0 Å². The maximum atomic E-state index is 11.6. The largest absolute Gasteiger partial charge is 0.486 e. The van der Waals surface area contributed by atoms with Gasteiger partial charge in [-0.15, -0.1) is 0 Å². The fourth-order valence-electron chi connectivity index (χ4n) is 3.11. The highest BCUT2D eigenvalue weighted by Crippen LogP contribution is 2.37. The van der Waals surface area contributed by atoms with Crippen LogP contribution in [0, 0.1) is 0 Å². The molecule has 0 spiro atoms. The zero-order valence-corrected chi connectivity index (χ0v) is 13.7. The predicted octanol–water partition coefficient (Wildman–Crippen LogP) is 3.36. The predicted molar refractivity (Wildman–Crippen MR) is 86.4 cm³/mol. The van der Waals surface area contributed by atoms with Crippen LogP contribution in [0.25, 0.3) is 11.0 Å². The lowest BCUT2D eigenvalue weighted by molar-refractivity contribution is -0.140. The van der Waals surface area contributed by atoms with Crippen LogP contribution in [-0.2, 0) is 4.79 Å². The number of benzene rings is 1. The van der Waals surface area contributed by atoms with Gasteiger partial charge in [0.1, 0.15) is 25.1 Å². The number of aromatic nitrogens is 2. The maximum absolute atomic E-state index is 11.6. The molecule has 2 aromatic rings. The molecular formula is C17H22N2O4. The van der Waals surface area contributed by atoms with E-state index in [9.17, 15) is 9.90 Å². The molecule has 0 saturated heterocycles. The van der Waals surface area contributed by atoms with Gasteiger partial charge in [-0.05, 0) is 19.8 Å². The minimum Gasteiger partial charge on any atom is -0.486 e. The molecule has 0 fully saturated rings. The average molecular weight is 318 g/mol. The molecule has 1 atom stereocenters. The lowest BCUT2D eigenvalue weighted by atomic mass is 10.0. The van der Waals surface area contributed by atoms with E-state index in [0.29, 0.717) is 24.7 Å². The second-order valence-electron chi connectivity index (χ2n) is 5.85. The van der Waals surface area contributed by atoms with Crippen LogP contribution in [0.3, 0.4) is 0 Å². The molecule has 0 radical (unpaired) electrons. The highest BCUT2D eigenvalue weighted by Gasteiger charge is 2.26. The highest BCUT2D eigenvalue weighted by molar-refractivity contribution is 5.83. The van der Waals surface area contributed by atoms with Crippen LogP contribution in [0.4, 0.5) is 0 Å². The van der Waals surface area contributed by atoms with Crippen molar-refractivity contribution < 1.29 is 19.4 Å². The fourth-order valence-corrected chi connectivity index (χ4v) is 3.11. The summed E-state index contributed by atoms with van der Waals surface area (Å²) in [5.41, 5.74) is 1.54. The first kappa shape index (κ1) is 15.6. The Morgan fingerprint density at radius 3 is 2.43 bits per heavy atom. The van der Waals surface area contributed by atoms with Gasteiger partial charge in [-0.2, -0.15) is 0 Å². The quantitative estimate of drug-likeness (QED) is 0.915. The molecule has 1 aliphatic rings. The highest BCUT2D eigenvalue weighted by atomic mass is 16.6. The Morgan fingerprint density at radius 2 is 1.87 bits per heavy atom. The van der Waals surface area contributed by atoms with Gasteiger partial charge in [-0.25, -0.2) is 9.78 Å². The van der Waals surface area contributed by atoms with Crippen LogP contribution in [0.1, 0.15) is 51.4 Å². The van der Waals surface area contributed by atoms with E-state index in [2.05, 4.69) is 13.8 Å². The third kappa shape index (κ3) is 2.62. The summed E-state index contributed by atoms with van der Waals surface area (Å²) >= 11 is 0. The van der Waals surface area contributed by atoms with Crippen LogP contribution in [0.5, 0.6) is 11.5 Å². The molecule has 124 valence electrons. The van der Waals surface area contributed by atoms with E-state index < -0.39 is 12.0 Å². The van der Waals surface area contributed by atoms with E-state index in [4.69, 9.17) is 14.5 Å². The zero-order chi connectivity index (χ0) is 16.6. The standard InChI is InChI=1S/C17H22N2O4/c1-4-11(5-2)16-18-12-8-14-15(23-7-6-22-14)9-13(12)19(16)10(3)17(20)21/h8-11H,4-7H2,1-3H3,(H,20,21). The number of aliphatic carboxylic acids is 1. The molecule has 1 N–H and O–H groups in total. The Morgan fingerprint density at radius 1 is 1.26 bits per heavy atom. The minimum atomic E-state index is -0.869. The molecule has 2 heterocycles. The fraction of sp³-hybridized carbons (Fsp3) is 0.529. The third-order valence-electron chi connectivity index (χ3n) is 4.48. The van der Waals surface area contributed by atoms with Gasteiger partial charge in [0.15, 0.2) is 11.5 Å². The minimum absolute atomic E-state index is 0.225. The zero-order valence-electron chi connectivity index (χ0n) is 13.7. The van der Waals surface area contributed by atoms with Gasteiger partial charge in [-0.3, -0.25) is 0 Å². The van der Waals surface area contributed by atoms with Gasteiger partial charge >= 0.3 is 5.97 Å². The van der Waals surface area contributed by atoms with Gasteiger partial charge in [0, 0.05) is 18.1 Å². The summed E-state index contributed by atoms with van der Waals surface area (Å²) < 4.78 is 13.1. The summed E-state index contributed by atoms with van der Waals surface area (Å²) in [6.07, 6.45) is 1.83. The number of hydrogen-bond acceptors (Lipinski definition) is 4. The Bertz CT molecular complexity index is 734. The van der Waals surface area contributed by atoms with Crippen LogP contribution in [0.15, 0.2) is 12.1 Å². The molecule has 1 aromatic carbocycles. The van der Waals surface area contributed by atoms with Gasteiger partial charge in [-0.1, -0.05) is 13.8 Å². The number of ether oxygens (including phenoxy) is 2. The maximum Gasteiger partial charge on any atom is 0.326 e. The number of carbonyl (C=O) groups is 1.